The van der Waals surface area contributed by atoms with Crippen LogP contribution in [0, 0.1) is 12.7 Å². The van der Waals surface area contributed by atoms with Gasteiger partial charge < -0.3 is 10.2 Å². The van der Waals surface area contributed by atoms with E-state index in [0.717, 1.165) is 39.8 Å². The third-order valence-electron chi connectivity index (χ3n) is 6.63. The Morgan fingerprint density at radius 2 is 1.83 bits per heavy atom. The number of anilines is 1. The Labute approximate surface area is 210 Å². The first kappa shape index (κ1) is 25.7. The first-order chi connectivity index (χ1) is 17.3. The molecular weight excluding hydrogens is 461 g/mol. The van der Waals surface area contributed by atoms with Crippen molar-refractivity contribution in [3.05, 3.63) is 59.0 Å². The number of nitrogens with zero attached hydrogens (tertiary/aromatic N) is 5. The molecule has 0 unspecified atom stereocenters. The van der Waals surface area contributed by atoms with Gasteiger partial charge in [0.15, 0.2) is 0 Å². The summed E-state index contributed by atoms with van der Waals surface area (Å²) in [6.07, 6.45) is 1.79. The van der Waals surface area contributed by atoms with Crippen molar-refractivity contribution in [2.45, 2.75) is 26.9 Å². The van der Waals surface area contributed by atoms with Crippen molar-refractivity contribution in [1.82, 2.24) is 30.4 Å². The summed E-state index contributed by atoms with van der Waals surface area (Å²) >= 11 is 0. The minimum atomic E-state index is -0.277. The molecular formula is C26H34FN7O2. The number of benzene rings is 2. The molecule has 1 aliphatic rings. The largest absolute Gasteiger partial charge is 0.315 e. The quantitative estimate of drug-likeness (QED) is 0.418. The molecule has 0 fully saturated rings. The van der Waals surface area contributed by atoms with Crippen molar-refractivity contribution in [2.75, 3.05) is 44.7 Å². The molecule has 3 aromatic rings. The minimum absolute atomic E-state index is 0.0190. The highest BCUT2D eigenvalue weighted by Crippen LogP contribution is 2.27. The third-order valence-corrected chi connectivity index (χ3v) is 6.63. The number of aryl methyl sites for hydroxylation is 2. The van der Waals surface area contributed by atoms with Crippen molar-refractivity contribution >= 4 is 28.4 Å². The van der Waals surface area contributed by atoms with E-state index in [1.54, 1.807) is 29.2 Å². The maximum atomic E-state index is 13.5. The van der Waals surface area contributed by atoms with Crippen LogP contribution in [0.15, 0.2) is 36.5 Å². The number of carbonyl (C=O) groups is 2. The summed E-state index contributed by atoms with van der Waals surface area (Å²) in [5.74, 6) is -0.552. The summed E-state index contributed by atoms with van der Waals surface area (Å²) in [4.78, 5) is 27.8. The molecule has 1 aromatic heterocycles. The maximum Gasteiger partial charge on any atom is 0.250 e. The zero-order valence-corrected chi connectivity index (χ0v) is 21.3. The highest BCUT2D eigenvalue weighted by Gasteiger charge is 2.26. The van der Waals surface area contributed by atoms with E-state index >= 15 is 0 Å². The van der Waals surface area contributed by atoms with E-state index in [4.69, 9.17) is 0 Å². The van der Waals surface area contributed by atoms with E-state index in [9.17, 15) is 14.0 Å². The van der Waals surface area contributed by atoms with Crippen LogP contribution in [0.2, 0.25) is 0 Å². The molecule has 2 heterocycles. The predicted octanol–water partition coefficient (Wildman–Crippen LogP) is 1.94. The first-order valence-corrected chi connectivity index (χ1v) is 12.2. The van der Waals surface area contributed by atoms with Gasteiger partial charge in [0.1, 0.15) is 5.82 Å². The van der Waals surface area contributed by atoms with Gasteiger partial charge in [0.2, 0.25) is 5.91 Å². The summed E-state index contributed by atoms with van der Waals surface area (Å²) in [5, 5.41) is 15.0. The molecule has 0 saturated heterocycles. The summed E-state index contributed by atoms with van der Waals surface area (Å²) in [6, 6.07) is 8.74. The second-order valence-corrected chi connectivity index (χ2v) is 9.12. The zero-order valence-electron chi connectivity index (χ0n) is 21.3. The molecule has 0 bridgehead atoms. The molecule has 192 valence electrons. The van der Waals surface area contributed by atoms with Crippen LogP contribution in [-0.4, -0.2) is 71.4 Å². The van der Waals surface area contributed by atoms with Crippen molar-refractivity contribution in [3.63, 3.8) is 0 Å². The van der Waals surface area contributed by atoms with E-state index in [1.807, 2.05) is 42.7 Å². The van der Waals surface area contributed by atoms with E-state index in [2.05, 4.69) is 15.7 Å². The third kappa shape index (κ3) is 5.56. The molecule has 0 spiro atoms. The Morgan fingerprint density at radius 3 is 2.61 bits per heavy atom. The van der Waals surface area contributed by atoms with Crippen LogP contribution in [0.3, 0.4) is 0 Å². The Balaban J connectivity index is 1.37. The minimum Gasteiger partial charge on any atom is -0.315 e. The number of hydrazine groups is 1. The van der Waals surface area contributed by atoms with Gasteiger partial charge in [-0.3, -0.25) is 24.6 Å². The van der Waals surface area contributed by atoms with Gasteiger partial charge in [0.05, 0.1) is 24.8 Å². The van der Waals surface area contributed by atoms with Crippen LogP contribution in [0.25, 0.3) is 10.9 Å². The lowest BCUT2D eigenvalue weighted by Crippen LogP contribution is -2.47. The molecule has 2 N–H and O–H groups in total. The van der Waals surface area contributed by atoms with Crippen molar-refractivity contribution < 1.29 is 14.0 Å². The molecule has 0 atom stereocenters. The highest BCUT2D eigenvalue weighted by atomic mass is 19.1. The van der Waals surface area contributed by atoms with Crippen LogP contribution in [0.1, 0.15) is 23.6 Å². The number of hydrogen-bond donors (Lipinski definition) is 2. The van der Waals surface area contributed by atoms with Crippen LogP contribution >= 0.6 is 0 Å². The number of nitrogens with one attached hydrogen (secondary N) is 2. The number of amides is 2. The number of rotatable bonds is 10. The van der Waals surface area contributed by atoms with Gasteiger partial charge in [-0.2, -0.15) is 5.10 Å². The lowest BCUT2D eigenvalue weighted by molar-refractivity contribution is -0.145. The topological polar surface area (TPSA) is 85.7 Å². The maximum absolute atomic E-state index is 13.5. The van der Waals surface area contributed by atoms with E-state index < -0.39 is 0 Å². The Bertz CT molecular complexity index is 1260. The fraction of sp³-hybridized carbons (Fsp3) is 0.423. The van der Waals surface area contributed by atoms with Crippen LogP contribution < -0.4 is 15.5 Å². The molecule has 0 saturated carbocycles. The molecule has 1 aliphatic heterocycles. The Morgan fingerprint density at radius 1 is 1.08 bits per heavy atom. The number of likely N-dealkylation sites (N-methyl/N-ethyl adjacent to an activating group) is 2. The SMILES string of the molecule is CCNCCN(C(=O)CNCC(=O)N(C)N1Cc2ccc(F)cc2C1)c1cc2cnn(C)c2cc1C. The number of fused-ring (bicyclic) bond motifs is 2. The van der Waals surface area contributed by atoms with Gasteiger partial charge in [0, 0.05) is 51.3 Å². The first-order valence-electron chi connectivity index (χ1n) is 12.2. The fourth-order valence-corrected chi connectivity index (χ4v) is 4.53. The van der Waals surface area contributed by atoms with Gasteiger partial charge in [-0.1, -0.05) is 13.0 Å². The van der Waals surface area contributed by atoms with E-state index in [0.29, 0.717) is 26.2 Å². The van der Waals surface area contributed by atoms with Crippen molar-refractivity contribution in [2.24, 2.45) is 7.05 Å². The van der Waals surface area contributed by atoms with Crippen molar-refractivity contribution in [3.8, 4) is 0 Å². The van der Waals surface area contributed by atoms with Crippen LogP contribution in [0.5, 0.6) is 0 Å². The van der Waals surface area contributed by atoms with Gasteiger partial charge in [-0.25, -0.2) is 9.40 Å². The molecule has 9 nitrogen and oxygen atoms in total. The molecule has 36 heavy (non-hydrogen) atoms. The van der Waals surface area contributed by atoms with Gasteiger partial charge in [-0.15, -0.1) is 0 Å². The average Bonchev–Trinajstić information content (AvgIpc) is 3.43. The van der Waals surface area contributed by atoms with E-state index in [1.165, 1.54) is 12.1 Å². The second kappa shape index (κ2) is 11.2. The molecule has 2 amide bonds. The van der Waals surface area contributed by atoms with Gasteiger partial charge in [0.25, 0.3) is 5.91 Å². The Kier molecular flexibility index (Phi) is 7.97. The molecule has 0 aliphatic carbocycles. The predicted molar refractivity (Wildman–Crippen MR) is 138 cm³/mol. The summed E-state index contributed by atoms with van der Waals surface area (Å²) in [6.45, 7) is 7.07. The number of carbonyl (C=O) groups excluding carboxylic acids is 2. The van der Waals surface area contributed by atoms with E-state index in [-0.39, 0.29) is 30.7 Å². The molecule has 2 aromatic carbocycles. The summed E-state index contributed by atoms with van der Waals surface area (Å²) < 4.78 is 15.3. The normalized spacial score (nSPS) is 13.2. The van der Waals surface area contributed by atoms with Gasteiger partial charge >= 0.3 is 0 Å². The number of aromatic nitrogens is 2. The van der Waals surface area contributed by atoms with Gasteiger partial charge in [-0.05, 0) is 54.4 Å². The molecule has 0 radical (unpaired) electrons. The summed E-state index contributed by atoms with van der Waals surface area (Å²) in [5.41, 5.74) is 4.72. The highest BCUT2D eigenvalue weighted by molar-refractivity contribution is 5.98. The average molecular weight is 496 g/mol. The molecule has 4 rings (SSSR count). The van der Waals surface area contributed by atoms with Crippen LogP contribution in [0.4, 0.5) is 10.1 Å². The summed E-state index contributed by atoms with van der Waals surface area (Å²) in [7, 11) is 3.59. The standard InChI is InChI=1S/C26H34FN7O2/c1-5-28-8-9-34(23-12-20-13-30-31(3)24(20)10-18(23)2)26(36)15-29-14-25(35)32(4)33-16-19-6-7-22(27)11-21(19)17-33/h6-7,10-13,28-29H,5,8-9,14-17H2,1-4H3. The van der Waals surface area contributed by atoms with Crippen molar-refractivity contribution in [1.29, 1.82) is 0 Å². The zero-order chi connectivity index (χ0) is 25.8. The lowest BCUT2D eigenvalue weighted by atomic mass is 10.1. The number of hydrogen-bond acceptors (Lipinski definition) is 6. The Hall–Kier alpha value is -3.34. The number of halogens is 1. The second-order valence-electron chi connectivity index (χ2n) is 9.12. The van der Waals surface area contributed by atoms with Crippen LogP contribution in [-0.2, 0) is 29.7 Å². The molecule has 10 heteroatoms. The fourth-order valence-electron chi connectivity index (χ4n) is 4.53. The lowest BCUT2D eigenvalue weighted by Gasteiger charge is -2.28. The smallest absolute Gasteiger partial charge is 0.250 e. The monoisotopic (exact) mass is 495 g/mol.